The lowest BCUT2D eigenvalue weighted by Crippen LogP contribution is -2.24. The van der Waals surface area contributed by atoms with Crippen molar-refractivity contribution in [1.29, 1.82) is 0 Å². The number of alkyl halides is 2. The molecule has 11 heteroatoms. The van der Waals surface area contributed by atoms with E-state index in [1.807, 2.05) is 20.2 Å². The smallest absolute Gasteiger partial charge is 0.387 e. The van der Waals surface area contributed by atoms with Crippen LogP contribution in [0.15, 0.2) is 41.6 Å². The second kappa shape index (κ2) is 10.0. The first-order chi connectivity index (χ1) is 14.8. The Balaban J connectivity index is 1.55. The summed E-state index contributed by atoms with van der Waals surface area (Å²) in [7, 11) is 3.38. The molecule has 1 N–H and O–H groups in total. The molecule has 1 atom stereocenters. The van der Waals surface area contributed by atoms with Gasteiger partial charge < -0.3 is 14.8 Å². The number of hydrogen-bond donors (Lipinski definition) is 1. The first-order valence-electron chi connectivity index (χ1n) is 9.65. The zero-order chi connectivity index (χ0) is 22.4. The number of aryl methyl sites for hydroxylation is 2. The highest BCUT2D eigenvalue weighted by Gasteiger charge is 2.12. The molecular weight excluding hydrogens is 410 g/mol. The van der Waals surface area contributed by atoms with Gasteiger partial charge in [-0.2, -0.15) is 13.9 Å². The number of pyridine rings is 1. The topological polar surface area (TPSA) is 96.1 Å². The van der Waals surface area contributed by atoms with Gasteiger partial charge in [0, 0.05) is 50.1 Å². The number of nitrogens with zero attached hydrogens (tertiary/aromatic N) is 5. The summed E-state index contributed by atoms with van der Waals surface area (Å²) in [4.78, 5) is 16.5. The van der Waals surface area contributed by atoms with Crippen LogP contribution in [0.1, 0.15) is 30.5 Å². The first kappa shape index (κ1) is 22.2. The van der Waals surface area contributed by atoms with Crippen LogP contribution in [0.5, 0.6) is 11.6 Å². The van der Waals surface area contributed by atoms with Crippen LogP contribution in [0.2, 0.25) is 0 Å². The number of ether oxygens (including phenoxy) is 2. The lowest BCUT2D eigenvalue weighted by Gasteiger charge is -2.13. The number of anilines is 1. The first-order valence-corrected chi connectivity index (χ1v) is 9.65. The predicted octanol–water partition coefficient (Wildman–Crippen LogP) is 2.69. The van der Waals surface area contributed by atoms with E-state index in [0.717, 1.165) is 11.3 Å². The highest BCUT2D eigenvalue weighted by atomic mass is 19.3. The van der Waals surface area contributed by atoms with E-state index in [9.17, 15) is 13.6 Å². The number of halogens is 2. The van der Waals surface area contributed by atoms with Crippen LogP contribution in [0.25, 0.3) is 0 Å². The zero-order valence-electron chi connectivity index (χ0n) is 17.5. The molecule has 0 saturated heterocycles. The Morgan fingerprint density at radius 2 is 2.03 bits per heavy atom. The van der Waals surface area contributed by atoms with Crippen LogP contribution in [0.3, 0.4) is 0 Å². The molecule has 0 fully saturated rings. The average molecular weight is 434 g/mol. The molecule has 31 heavy (non-hydrogen) atoms. The van der Waals surface area contributed by atoms with Crippen LogP contribution in [-0.4, -0.2) is 37.8 Å². The molecule has 3 aromatic rings. The van der Waals surface area contributed by atoms with E-state index in [4.69, 9.17) is 4.74 Å². The molecule has 9 nitrogen and oxygen atoms in total. The van der Waals surface area contributed by atoms with Gasteiger partial charge in [0.1, 0.15) is 11.4 Å². The van der Waals surface area contributed by atoms with Gasteiger partial charge in [-0.05, 0) is 18.6 Å². The van der Waals surface area contributed by atoms with Crippen molar-refractivity contribution in [2.75, 3.05) is 11.9 Å². The largest absolute Gasteiger partial charge is 0.477 e. The molecule has 0 unspecified atom stereocenters. The molecule has 3 rings (SSSR count). The van der Waals surface area contributed by atoms with E-state index in [1.54, 1.807) is 30.1 Å². The Morgan fingerprint density at radius 1 is 1.23 bits per heavy atom. The third-order valence-electron chi connectivity index (χ3n) is 4.57. The minimum absolute atomic E-state index is 0.0166. The van der Waals surface area contributed by atoms with Gasteiger partial charge in [-0.25, -0.2) is 4.68 Å². The molecule has 0 bridgehead atoms. The number of nitrogens with one attached hydrogen (secondary N) is 1. The second-order valence-corrected chi connectivity index (χ2v) is 7.04. The normalized spacial score (nSPS) is 12.1. The molecule has 0 radical (unpaired) electrons. The van der Waals surface area contributed by atoms with Crippen molar-refractivity contribution in [2.24, 2.45) is 14.1 Å². The minimum atomic E-state index is -2.88. The van der Waals surface area contributed by atoms with Gasteiger partial charge in [-0.1, -0.05) is 6.92 Å². The van der Waals surface area contributed by atoms with E-state index in [2.05, 4.69) is 25.2 Å². The highest BCUT2D eigenvalue weighted by molar-refractivity contribution is 5.43. The summed E-state index contributed by atoms with van der Waals surface area (Å²) in [5.74, 6) is 0.357. The van der Waals surface area contributed by atoms with Crippen LogP contribution in [-0.2, 0) is 20.6 Å². The van der Waals surface area contributed by atoms with Crippen molar-refractivity contribution < 1.29 is 18.3 Å². The summed E-state index contributed by atoms with van der Waals surface area (Å²) >= 11 is 0. The second-order valence-electron chi connectivity index (χ2n) is 7.04. The fraction of sp³-hybridized carbons (Fsp3) is 0.400. The standard InChI is InChI=1S/C20H24F2N6O3/c1-13(16-5-4-15(11-24-16)31-20(21)22)6-7-30-18-8-17(19(29)28(3)26-18)23-9-14-10-25-27(2)12-14/h4-5,8,10-13,20,23H,6-7,9H2,1-3H3/t13-/m1/s1. The van der Waals surface area contributed by atoms with Gasteiger partial charge in [0.15, 0.2) is 0 Å². The predicted molar refractivity (Wildman–Crippen MR) is 109 cm³/mol. The monoisotopic (exact) mass is 434 g/mol. The average Bonchev–Trinajstić information content (AvgIpc) is 3.14. The van der Waals surface area contributed by atoms with Crippen LogP contribution in [0.4, 0.5) is 14.5 Å². The van der Waals surface area contributed by atoms with Gasteiger partial charge >= 0.3 is 6.61 Å². The Hall–Kier alpha value is -3.50. The van der Waals surface area contributed by atoms with E-state index in [1.165, 1.54) is 16.9 Å². The molecule has 0 aromatic carbocycles. The SMILES string of the molecule is C[C@H](CCOc1cc(NCc2cnn(C)c2)c(=O)n(C)n1)c1ccc(OC(F)F)cn1. The zero-order valence-corrected chi connectivity index (χ0v) is 17.5. The summed E-state index contributed by atoms with van der Waals surface area (Å²) < 4.78 is 37.4. The molecule has 0 aliphatic carbocycles. The van der Waals surface area contributed by atoms with Gasteiger partial charge in [-0.15, -0.1) is 5.10 Å². The van der Waals surface area contributed by atoms with Gasteiger partial charge in [-0.3, -0.25) is 14.5 Å². The maximum absolute atomic E-state index is 12.3. The fourth-order valence-electron chi connectivity index (χ4n) is 2.88. The van der Waals surface area contributed by atoms with Crippen molar-refractivity contribution in [1.82, 2.24) is 24.5 Å². The minimum Gasteiger partial charge on any atom is -0.477 e. The van der Waals surface area contributed by atoms with Crippen molar-refractivity contribution in [2.45, 2.75) is 32.4 Å². The van der Waals surface area contributed by atoms with Gasteiger partial charge in [0.25, 0.3) is 5.56 Å². The Bertz CT molecular complexity index is 1050. The third kappa shape index (κ3) is 6.24. The van der Waals surface area contributed by atoms with Crippen LogP contribution < -0.4 is 20.3 Å². The summed E-state index contributed by atoms with van der Waals surface area (Å²) in [5, 5.41) is 11.3. The Morgan fingerprint density at radius 3 is 2.68 bits per heavy atom. The van der Waals surface area contributed by atoms with Crippen molar-refractivity contribution in [3.05, 3.63) is 58.4 Å². The van der Waals surface area contributed by atoms with Crippen LogP contribution in [0, 0.1) is 0 Å². The summed E-state index contributed by atoms with van der Waals surface area (Å²) in [6.07, 6.45) is 5.47. The molecule has 0 saturated carbocycles. The molecule has 166 valence electrons. The molecular formula is C20H24F2N6O3. The molecule has 0 amide bonds. The van der Waals surface area contributed by atoms with E-state index < -0.39 is 6.61 Å². The van der Waals surface area contributed by atoms with Crippen molar-refractivity contribution >= 4 is 5.69 Å². The van der Waals surface area contributed by atoms with E-state index >= 15 is 0 Å². The fourth-order valence-corrected chi connectivity index (χ4v) is 2.88. The molecule has 3 aromatic heterocycles. The highest BCUT2D eigenvalue weighted by Crippen LogP contribution is 2.21. The lowest BCUT2D eigenvalue weighted by molar-refractivity contribution is -0.0500. The number of aromatic nitrogens is 5. The Kier molecular flexibility index (Phi) is 7.16. The summed E-state index contributed by atoms with van der Waals surface area (Å²) in [6, 6.07) is 4.67. The lowest BCUT2D eigenvalue weighted by atomic mass is 10.0. The summed E-state index contributed by atoms with van der Waals surface area (Å²) in [5.41, 5.74) is 1.79. The van der Waals surface area contributed by atoms with Crippen LogP contribution >= 0.6 is 0 Å². The number of hydrogen-bond acceptors (Lipinski definition) is 7. The molecule has 0 spiro atoms. The van der Waals surface area contributed by atoms with Crippen molar-refractivity contribution in [3.63, 3.8) is 0 Å². The Labute approximate surface area is 177 Å². The molecule has 0 aliphatic heterocycles. The van der Waals surface area contributed by atoms with E-state index in [0.29, 0.717) is 31.1 Å². The summed E-state index contributed by atoms with van der Waals surface area (Å²) in [6.45, 7) is -0.142. The van der Waals surface area contributed by atoms with Gasteiger partial charge in [0.2, 0.25) is 5.88 Å². The van der Waals surface area contributed by atoms with E-state index in [-0.39, 0.29) is 17.2 Å². The molecule has 0 aliphatic rings. The maximum atomic E-state index is 12.3. The number of rotatable bonds is 10. The molecule has 3 heterocycles. The van der Waals surface area contributed by atoms with Gasteiger partial charge in [0.05, 0.1) is 19.0 Å². The maximum Gasteiger partial charge on any atom is 0.387 e. The third-order valence-corrected chi connectivity index (χ3v) is 4.57. The quantitative estimate of drug-likeness (QED) is 0.524. The van der Waals surface area contributed by atoms with Crippen molar-refractivity contribution in [3.8, 4) is 11.6 Å².